The molecule has 1 aliphatic rings. The van der Waals surface area contributed by atoms with Crippen molar-refractivity contribution in [3.8, 4) is 0 Å². The first-order valence-electron chi connectivity index (χ1n) is 6.31. The largest absolute Gasteiger partial charge is 0.505 e. The molecule has 1 aromatic rings. The van der Waals surface area contributed by atoms with Crippen LogP contribution in [0.1, 0.15) is 12.0 Å². The summed E-state index contributed by atoms with van der Waals surface area (Å²) in [6.45, 7) is -4.83. The minimum atomic E-state index is -4.94. The number of hydrogen-bond acceptors (Lipinski definition) is 2. The van der Waals surface area contributed by atoms with Crippen molar-refractivity contribution < 1.29 is 22.5 Å². The maximum Gasteiger partial charge on any atom is 0.505 e. The van der Waals surface area contributed by atoms with Crippen molar-refractivity contribution in [1.82, 2.24) is 4.90 Å². The van der Waals surface area contributed by atoms with Gasteiger partial charge >= 0.3 is 13.1 Å². The number of halogens is 3. The minimum Gasteiger partial charge on any atom is -0.445 e. The zero-order valence-electron chi connectivity index (χ0n) is 10.8. The normalized spacial score (nSPS) is 15.8. The van der Waals surface area contributed by atoms with Crippen LogP contribution in [0.5, 0.6) is 0 Å². The second-order valence-corrected chi connectivity index (χ2v) is 4.59. The van der Waals surface area contributed by atoms with Gasteiger partial charge in [-0.05, 0) is 12.0 Å². The molecule has 1 heterocycles. The quantitative estimate of drug-likeness (QED) is 0.797. The highest BCUT2D eigenvalue weighted by Gasteiger charge is 2.31. The molecule has 0 unspecified atom stereocenters. The van der Waals surface area contributed by atoms with Crippen molar-refractivity contribution in [1.29, 1.82) is 0 Å². The Morgan fingerprint density at radius 3 is 2.50 bits per heavy atom. The molecule has 1 amide bonds. The van der Waals surface area contributed by atoms with E-state index in [1.54, 1.807) is 0 Å². The first kappa shape index (κ1) is 14.5. The first-order chi connectivity index (χ1) is 9.47. The Balaban J connectivity index is 1.85. The molecule has 0 radical (unpaired) electrons. The van der Waals surface area contributed by atoms with E-state index in [9.17, 15) is 17.7 Å². The van der Waals surface area contributed by atoms with E-state index in [1.807, 2.05) is 30.3 Å². The van der Waals surface area contributed by atoms with Gasteiger partial charge < -0.3 is 22.6 Å². The summed E-state index contributed by atoms with van der Waals surface area (Å²) in [5.74, 6) is 0. The molecule has 0 N–H and O–H groups in total. The summed E-state index contributed by atoms with van der Waals surface area (Å²) >= 11 is 0. The lowest BCUT2D eigenvalue weighted by Crippen LogP contribution is -2.38. The molecular formula is C13H14BF3NO2-. The lowest BCUT2D eigenvalue weighted by Gasteiger charge is -2.30. The number of rotatable bonds is 3. The van der Waals surface area contributed by atoms with Gasteiger partial charge in [-0.3, -0.25) is 0 Å². The standard InChI is InChI=1S/C13H14BF3NO2/c15-14(16,17)12-6-8-18(9-7-12)13(19)20-10-11-4-2-1-3-5-11/h1-6H,7-10H2/q-1. The minimum absolute atomic E-state index is 0.0424. The molecule has 0 bridgehead atoms. The van der Waals surface area contributed by atoms with E-state index in [4.69, 9.17) is 4.74 Å². The lowest BCUT2D eigenvalue weighted by atomic mass is 9.76. The number of nitrogens with zero attached hydrogens (tertiary/aromatic N) is 1. The van der Waals surface area contributed by atoms with Crippen molar-refractivity contribution in [2.24, 2.45) is 0 Å². The fourth-order valence-corrected chi connectivity index (χ4v) is 1.96. The van der Waals surface area contributed by atoms with E-state index in [2.05, 4.69) is 0 Å². The number of carbonyl (C=O) groups is 1. The number of benzene rings is 1. The number of amides is 1. The summed E-state index contributed by atoms with van der Waals surface area (Å²) in [5.41, 5.74) is 0.324. The number of carbonyl (C=O) groups excluding carboxylic acids is 1. The van der Waals surface area contributed by atoms with Gasteiger partial charge in [-0.25, -0.2) is 4.79 Å². The number of ether oxygens (including phenoxy) is 1. The third kappa shape index (κ3) is 3.79. The Bertz CT molecular complexity index is 502. The van der Waals surface area contributed by atoms with E-state index < -0.39 is 18.5 Å². The molecule has 108 valence electrons. The van der Waals surface area contributed by atoms with Gasteiger partial charge in [-0.15, -0.1) is 5.47 Å². The summed E-state index contributed by atoms with van der Waals surface area (Å²) < 4.78 is 42.6. The van der Waals surface area contributed by atoms with E-state index in [0.29, 0.717) is 0 Å². The van der Waals surface area contributed by atoms with Gasteiger partial charge in [0.15, 0.2) is 0 Å². The Hall–Kier alpha value is -1.92. The SMILES string of the molecule is O=C(OCc1ccccc1)N1CC=C([B-](F)(F)F)CC1. The summed E-state index contributed by atoms with van der Waals surface area (Å²) in [4.78, 5) is 13.0. The fraction of sp³-hybridized carbons (Fsp3) is 0.308. The van der Waals surface area contributed by atoms with E-state index >= 15 is 0 Å². The van der Waals surface area contributed by atoms with Crippen LogP contribution < -0.4 is 0 Å². The van der Waals surface area contributed by atoms with Crippen LogP contribution in [0.3, 0.4) is 0 Å². The van der Waals surface area contributed by atoms with Crippen LogP contribution in [0.15, 0.2) is 41.9 Å². The van der Waals surface area contributed by atoms with E-state index in [1.165, 1.54) is 4.90 Å². The summed E-state index contributed by atoms with van der Waals surface area (Å²) in [5, 5.41) is 0. The Morgan fingerprint density at radius 1 is 1.25 bits per heavy atom. The molecule has 20 heavy (non-hydrogen) atoms. The van der Waals surface area contributed by atoms with Crippen LogP contribution >= 0.6 is 0 Å². The number of hydrogen-bond donors (Lipinski definition) is 0. The molecule has 0 aliphatic carbocycles. The molecule has 2 rings (SSSR count). The highest BCUT2D eigenvalue weighted by atomic mass is 19.4. The average Bonchev–Trinajstić information content (AvgIpc) is 2.45. The predicted octanol–water partition coefficient (Wildman–Crippen LogP) is 3.34. The average molecular weight is 284 g/mol. The molecule has 0 fully saturated rings. The lowest BCUT2D eigenvalue weighted by molar-refractivity contribution is 0.0990. The zero-order valence-corrected chi connectivity index (χ0v) is 10.8. The summed E-state index contributed by atoms with van der Waals surface area (Å²) in [6, 6.07) is 9.12. The zero-order chi connectivity index (χ0) is 14.6. The molecule has 7 heteroatoms. The van der Waals surface area contributed by atoms with Crippen molar-refractivity contribution in [2.45, 2.75) is 13.0 Å². The maximum absolute atomic E-state index is 12.5. The third-order valence-electron chi connectivity index (χ3n) is 3.13. The molecule has 1 aliphatic heterocycles. The smallest absolute Gasteiger partial charge is 0.445 e. The van der Waals surface area contributed by atoms with Crippen molar-refractivity contribution >= 4 is 13.1 Å². The van der Waals surface area contributed by atoms with Crippen molar-refractivity contribution in [3.05, 3.63) is 47.4 Å². The Kier molecular flexibility index (Phi) is 4.37. The monoisotopic (exact) mass is 284 g/mol. The van der Waals surface area contributed by atoms with Gasteiger partial charge in [0.25, 0.3) is 0 Å². The van der Waals surface area contributed by atoms with Crippen molar-refractivity contribution in [3.63, 3.8) is 0 Å². The van der Waals surface area contributed by atoms with Crippen molar-refractivity contribution in [2.75, 3.05) is 13.1 Å². The third-order valence-corrected chi connectivity index (χ3v) is 3.13. The van der Waals surface area contributed by atoms with Gasteiger partial charge in [0.1, 0.15) is 6.61 Å². The van der Waals surface area contributed by atoms with Crippen LogP contribution in [0, 0.1) is 0 Å². The second-order valence-electron chi connectivity index (χ2n) is 4.59. The molecule has 0 spiro atoms. The van der Waals surface area contributed by atoms with Gasteiger partial charge in [-0.1, -0.05) is 36.4 Å². The van der Waals surface area contributed by atoms with Gasteiger partial charge in [-0.2, -0.15) is 0 Å². The Labute approximate surface area is 115 Å². The van der Waals surface area contributed by atoms with Crippen LogP contribution in [0.25, 0.3) is 0 Å². The predicted molar refractivity (Wildman–Crippen MR) is 70.0 cm³/mol. The van der Waals surface area contributed by atoms with Crippen LogP contribution in [-0.4, -0.2) is 31.1 Å². The van der Waals surface area contributed by atoms with Gasteiger partial charge in [0.05, 0.1) is 0 Å². The molecular weight excluding hydrogens is 270 g/mol. The van der Waals surface area contributed by atoms with Gasteiger partial charge in [0, 0.05) is 13.1 Å². The molecule has 3 nitrogen and oxygen atoms in total. The highest BCUT2D eigenvalue weighted by molar-refractivity contribution is 6.66. The van der Waals surface area contributed by atoms with Gasteiger partial charge in [0.2, 0.25) is 0 Å². The molecule has 0 aromatic heterocycles. The highest BCUT2D eigenvalue weighted by Crippen LogP contribution is 2.25. The fourth-order valence-electron chi connectivity index (χ4n) is 1.96. The van der Waals surface area contributed by atoms with Crippen LogP contribution in [0.2, 0.25) is 0 Å². The van der Waals surface area contributed by atoms with Crippen LogP contribution in [-0.2, 0) is 11.3 Å². The van der Waals surface area contributed by atoms with E-state index in [-0.39, 0.29) is 26.1 Å². The molecule has 0 saturated heterocycles. The first-order valence-corrected chi connectivity index (χ1v) is 6.31. The Morgan fingerprint density at radius 2 is 1.95 bits per heavy atom. The molecule has 0 atom stereocenters. The topological polar surface area (TPSA) is 29.5 Å². The van der Waals surface area contributed by atoms with Crippen LogP contribution in [0.4, 0.5) is 17.7 Å². The maximum atomic E-state index is 12.5. The second kappa shape index (κ2) is 6.03. The van der Waals surface area contributed by atoms with E-state index in [0.717, 1.165) is 11.6 Å². The molecule has 0 saturated carbocycles. The summed E-state index contributed by atoms with van der Waals surface area (Å²) in [6.07, 6.45) is 0.316. The summed E-state index contributed by atoms with van der Waals surface area (Å²) in [7, 11) is 0. The molecule has 1 aromatic carbocycles.